The minimum absolute atomic E-state index is 0.0390. The fourth-order valence-corrected chi connectivity index (χ4v) is 3.32. The summed E-state index contributed by atoms with van der Waals surface area (Å²) < 4.78 is 5.51. The first-order valence-corrected chi connectivity index (χ1v) is 8.58. The van der Waals surface area contributed by atoms with Gasteiger partial charge in [0.05, 0.1) is 11.8 Å². The van der Waals surface area contributed by atoms with Crippen LogP contribution in [0.4, 0.5) is 0 Å². The number of furan rings is 1. The molecule has 1 fully saturated rings. The zero-order valence-corrected chi connectivity index (χ0v) is 14.4. The SMILES string of the molecule is O=C1C(=O)N(Cc2ccccc2)C(c2ccco2)C1=C(O)c1ccccc1. The van der Waals surface area contributed by atoms with Gasteiger partial charge in [-0.2, -0.15) is 0 Å². The van der Waals surface area contributed by atoms with Crippen LogP contribution in [0.15, 0.2) is 89.0 Å². The van der Waals surface area contributed by atoms with Gasteiger partial charge < -0.3 is 14.4 Å². The van der Waals surface area contributed by atoms with Crippen LogP contribution >= 0.6 is 0 Å². The van der Waals surface area contributed by atoms with E-state index in [9.17, 15) is 14.7 Å². The monoisotopic (exact) mass is 359 g/mol. The summed E-state index contributed by atoms with van der Waals surface area (Å²) in [6.45, 7) is 0.238. The van der Waals surface area contributed by atoms with Gasteiger partial charge in [0.2, 0.25) is 0 Å². The number of hydrogen-bond acceptors (Lipinski definition) is 4. The molecular weight excluding hydrogens is 342 g/mol. The van der Waals surface area contributed by atoms with Gasteiger partial charge in [-0.25, -0.2) is 0 Å². The van der Waals surface area contributed by atoms with Crippen LogP contribution in [0.3, 0.4) is 0 Å². The van der Waals surface area contributed by atoms with Crippen LogP contribution < -0.4 is 0 Å². The van der Waals surface area contributed by atoms with Crippen LogP contribution in [0.5, 0.6) is 0 Å². The average molecular weight is 359 g/mol. The lowest BCUT2D eigenvalue weighted by Gasteiger charge is -2.23. The smallest absolute Gasteiger partial charge is 0.296 e. The first kappa shape index (κ1) is 16.8. The van der Waals surface area contributed by atoms with Crippen molar-refractivity contribution in [3.05, 3.63) is 102 Å². The van der Waals surface area contributed by atoms with Gasteiger partial charge in [-0.15, -0.1) is 0 Å². The Hall–Kier alpha value is -3.60. The summed E-state index contributed by atoms with van der Waals surface area (Å²) in [6.07, 6.45) is 1.49. The lowest BCUT2D eigenvalue weighted by Crippen LogP contribution is -2.29. The van der Waals surface area contributed by atoms with Gasteiger partial charge in [-0.05, 0) is 17.7 Å². The molecule has 0 aliphatic carbocycles. The Morgan fingerprint density at radius 3 is 2.22 bits per heavy atom. The van der Waals surface area contributed by atoms with Crippen LogP contribution in [0.1, 0.15) is 22.9 Å². The Morgan fingerprint density at radius 2 is 1.59 bits per heavy atom. The maximum Gasteiger partial charge on any atom is 0.296 e. The molecule has 5 nitrogen and oxygen atoms in total. The maximum atomic E-state index is 12.8. The molecule has 134 valence electrons. The van der Waals surface area contributed by atoms with Crippen molar-refractivity contribution in [1.29, 1.82) is 0 Å². The molecule has 1 amide bonds. The molecule has 2 heterocycles. The predicted molar refractivity (Wildman–Crippen MR) is 99.4 cm³/mol. The maximum absolute atomic E-state index is 12.8. The number of likely N-dealkylation sites (tertiary alicyclic amines) is 1. The molecule has 1 aromatic heterocycles. The third-order valence-corrected chi connectivity index (χ3v) is 4.60. The quantitative estimate of drug-likeness (QED) is 0.436. The second-order valence-electron chi connectivity index (χ2n) is 6.29. The number of carbonyl (C=O) groups excluding carboxylic acids is 2. The number of Topliss-reactive ketones (excluding diaryl/α,β-unsaturated/α-hetero) is 1. The molecule has 5 heteroatoms. The number of nitrogens with zero attached hydrogens (tertiary/aromatic N) is 1. The second kappa shape index (κ2) is 6.96. The van der Waals surface area contributed by atoms with Crippen molar-refractivity contribution >= 4 is 17.4 Å². The number of ketones is 1. The second-order valence-corrected chi connectivity index (χ2v) is 6.29. The number of aliphatic hydroxyl groups is 1. The highest BCUT2D eigenvalue weighted by Crippen LogP contribution is 2.40. The van der Waals surface area contributed by atoms with Gasteiger partial charge in [-0.3, -0.25) is 9.59 Å². The minimum atomic E-state index is -0.777. The van der Waals surface area contributed by atoms with Gasteiger partial charge >= 0.3 is 0 Å². The van der Waals surface area contributed by atoms with Gasteiger partial charge in [-0.1, -0.05) is 60.7 Å². The number of aliphatic hydroxyl groups excluding tert-OH is 1. The number of hydrogen-bond donors (Lipinski definition) is 1. The van der Waals surface area contributed by atoms with Crippen molar-refractivity contribution < 1.29 is 19.1 Å². The average Bonchev–Trinajstić information content (AvgIpc) is 3.32. The van der Waals surface area contributed by atoms with Crippen LogP contribution in [0.25, 0.3) is 5.76 Å². The van der Waals surface area contributed by atoms with Crippen molar-refractivity contribution in [1.82, 2.24) is 4.90 Å². The van der Waals surface area contributed by atoms with Crippen molar-refractivity contribution in [3.8, 4) is 0 Å². The van der Waals surface area contributed by atoms with E-state index in [1.165, 1.54) is 11.2 Å². The number of carbonyl (C=O) groups is 2. The molecule has 1 N–H and O–H groups in total. The Labute approximate surface area is 156 Å². The highest BCUT2D eigenvalue weighted by atomic mass is 16.3. The first-order valence-electron chi connectivity index (χ1n) is 8.58. The Bertz CT molecular complexity index is 991. The zero-order chi connectivity index (χ0) is 18.8. The Morgan fingerprint density at radius 1 is 0.926 bits per heavy atom. The predicted octanol–water partition coefficient (Wildman–Crippen LogP) is 3.90. The standard InChI is InChI=1S/C22H17NO4/c24-20(16-10-5-2-6-11-16)18-19(17-12-7-13-27-17)23(22(26)21(18)25)14-15-8-3-1-4-9-15/h1-13,19,24H,14H2. The first-order chi connectivity index (χ1) is 13.2. The van der Waals surface area contributed by atoms with E-state index in [1.54, 1.807) is 36.4 Å². The fourth-order valence-electron chi connectivity index (χ4n) is 3.32. The molecule has 1 saturated heterocycles. The number of rotatable bonds is 4. The molecule has 0 radical (unpaired) electrons. The topological polar surface area (TPSA) is 70.8 Å². The molecular formula is C22H17NO4. The van der Waals surface area contributed by atoms with E-state index in [0.717, 1.165) is 5.56 Å². The summed E-state index contributed by atoms with van der Waals surface area (Å²) in [5.41, 5.74) is 1.40. The minimum Gasteiger partial charge on any atom is -0.507 e. The number of benzene rings is 2. The van der Waals surface area contributed by atoms with Crippen molar-refractivity contribution in [2.24, 2.45) is 0 Å². The van der Waals surface area contributed by atoms with Crippen LogP contribution in [0, 0.1) is 0 Å². The van der Waals surface area contributed by atoms with E-state index < -0.39 is 17.7 Å². The van der Waals surface area contributed by atoms with E-state index in [1.807, 2.05) is 36.4 Å². The van der Waals surface area contributed by atoms with Crippen LogP contribution in [-0.4, -0.2) is 21.7 Å². The largest absolute Gasteiger partial charge is 0.507 e. The molecule has 3 aromatic rings. The van der Waals surface area contributed by atoms with Gasteiger partial charge in [0, 0.05) is 12.1 Å². The van der Waals surface area contributed by atoms with E-state index in [-0.39, 0.29) is 17.9 Å². The third kappa shape index (κ3) is 3.04. The van der Waals surface area contributed by atoms with Gasteiger partial charge in [0.15, 0.2) is 0 Å². The zero-order valence-electron chi connectivity index (χ0n) is 14.4. The molecule has 1 aliphatic rings. The van der Waals surface area contributed by atoms with E-state index >= 15 is 0 Å². The summed E-state index contributed by atoms with van der Waals surface area (Å²) in [7, 11) is 0. The van der Waals surface area contributed by atoms with Crippen LogP contribution in [0.2, 0.25) is 0 Å². The highest BCUT2D eigenvalue weighted by Gasteiger charge is 2.47. The fraction of sp³-hybridized carbons (Fsp3) is 0.0909. The number of amides is 1. The van der Waals surface area contributed by atoms with E-state index in [4.69, 9.17) is 4.42 Å². The molecule has 27 heavy (non-hydrogen) atoms. The summed E-state index contributed by atoms with van der Waals surface area (Å²) >= 11 is 0. The molecule has 0 saturated carbocycles. The van der Waals surface area contributed by atoms with Gasteiger partial charge in [0.1, 0.15) is 17.6 Å². The summed E-state index contributed by atoms with van der Waals surface area (Å²) in [6, 6.07) is 20.7. The summed E-state index contributed by atoms with van der Waals surface area (Å²) in [5.74, 6) is -1.14. The van der Waals surface area contributed by atoms with Crippen molar-refractivity contribution in [2.45, 2.75) is 12.6 Å². The van der Waals surface area contributed by atoms with Crippen LogP contribution in [-0.2, 0) is 16.1 Å². The summed E-state index contributed by atoms with van der Waals surface area (Å²) in [4.78, 5) is 27.0. The molecule has 4 rings (SSSR count). The Balaban J connectivity index is 1.83. The molecule has 0 spiro atoms. The van der Waals surface area contributed by atoms with Gasteiger partial charge in [0.25, 0.3) is 11.7 Å². The van der Waals surface area contributed by atoms with Crippen molar-refractivity contribution in [3.63, 3.8) is 0 Å². The lowest BCUT2D eigenvalue weighted by molar-refractivity contribution is -0.140. The lowest BCUT2D eigenvalue weighted by atomic mass is 9.99. The Kier molecular flexibility index (Phi) is 4.34. The van der Waals surface area contributed by atoms with Crippen molar-refractivity contribution in [2.75, 3.05) is 0 Å². The van der Waals surface area contributed by atoms with E-state index in [2.05, 4.69) is 0 Å². The molecule has 1 atom stereocenters. The molecule has 1 unspecified atom stereocenters. The van der Waals surface area contributed by atoms with E-state index in [0.29, 0.717) is 11.3 Å². The molecule has 2 aromatic carbocycles. The molecule has 0 bridgehead atoms. The highest BCUT2D eigenvalue weighted by molar-refractivity contribution is 6.46. The molecule has 1 aliphatic heterocycles. The normalized spacial score (nSPS) is 18.8. The third-order valence-electron chi connectivity index (χ3n) is 4.60. The summed E-state index contributed by atoms with van der Waals surface area (Å²) in [5, 5.41) is 10.8.